The van der Waals surface area contributed by atoms with Gasteiger partial charge in [-0.25, -0.2) is 4.99 Å². The molecule has 144 valence electrons. The van der Waals surface area contributed by atoms with Crippen LogP contribution < -0.4 is 15.8 Å². The number of guanidine groups is 1. The van der Waals surface area contributed by atoms with Crippen molar-refractivity contribution in [3.05, 3.63) is 90.2 Å². The molecular weight excluding hydrogens is 352 g/mol. The smallest absolute Gasteiger partial charge is 0.266 e. The van der Waals surface area contributed by atoms with E-state index in [4.69, 9.17) is 10.5 Å². The first-order valence-electron chi connectivity index (χ1n) is 8.94. The molecule has 1 aliphatic heterocycles. The largest absolute Gasteiger partial charge is 0.489 e. The SMILES string of the molecule is C=C/C(=C\NC)C1(c2cccc(OCc3ccccc3)c2)N=C(N)N(C)C1=O. The van der Waals surface area contributed by atoms with E-state index in [9.17, 15) is 4.79 Å². The molecule has 0 saturated carbocycles. The van der Waals surface area contributed by atoms with Gasteiger partial charge in [0.25, 0.3) is 5.91 Å². The summed E-state index contributed by atoms with van der Waals surface area (Å²) in [4.78, 5) is 19.1. The van der Waals surface area contributed by atoms with Gasteiger partial charge < -0.3 is 15.8 Å². The summed E-state index contributed by atoms with van der Waals surface area (Å²) in [5.74, 6) is 0.556. The highest BCUT2D eigenvalue weighted by Gasteiger charge is 2.50. The van der Waals surface area contributed by atoms with Crippen molar-refractivity contribution >= 4 is 11.9 Å². The van der Waals surface area contributed by atoms with Crippen LogP contribution in [0.15, 0.2) is 84.0 Å². The maximum absolute atomic E-state index is 13.2. The van der Waals surface area contributed by atoms with E-state index in [1.807, 2.05) is 54.6 Å². The van der Waals surface area contributed by atoms with Crippen molar-refractivity contribution in [2.75, 3.05) is 14.1 Å². The van der Waals surface area contributed by atoms with Crippen LogP contribution in [-0.4, -0.2) is 30.9 Å². The third-order valence-corrected chi connectivity index (χ3v) is 4.68. The third kappa shape index (κ3) is 3.36. The lowest BCUT2D eigenvalue weighted by Gasteiger charge is -2.27. The number of nitrogens with one attached hydrogen (secondary N) is 1. The molecule has 1 atom stereocenters. The van der Waals surface area contributed by atoms with Crippen LogP contribution >= 0.6 is 0 Å². The van der Waals surface area contributed by atoms with E-state index in [1.54, 1.807) is 26.4 Å². The predicted octanol–water partition coefficient (Wildman–Crippen LogP) is 2.54. The van der Waals surface area contributed by atoms with Gasteiger partial charge in [0.05, 0.1) is 0 Å². The standard InChI is InChI=1S/C22H24N4O2/c1-4-17(14-24-2)22(20(27)26(3)21(23)25-22)18-11-8-12-19(13-18)28-15-16-9-6-5-7-10-16/h4-14,24H,1,15H2,2-3H3,(H2,23,25)/b17-14+. The number of aliphatic imine (C=N–C) groups is 1. The van der Waals surface area contributed by atoms with Gasteiger partial charge in [-0.05, 0) is 23.3 Å². The van der Waals surface area contributed by atoms with Gasteiger partial charge in [-0.1, -0.05) is 55.1 Å². The molecule has 0 bridgehead atoms. The molecule has 1 aliphatic rings. The van der Waals surface area contributed by atoms with E-state index in [1.165, 1.54) is 4.90 Å². The fourth-order valence-corrected chi connectivity index (χ4v) is 3.20. The predicted molar refractivity (Wildman–Crippen MR) is 111 cm³/mol. The summed E-state index contributed by atoms with van der Waals surface area (Å²) in [6, 6.07) is 17.2. The number of hydrogen-bond donors (Lipinski definition) is 2. The Balaban J connectivity index is 2.01. The molecule has 3 rings (SSSR count). The van der Waals surface area contributed by atoms with Gasteiger partial charge in [-0.2, -0.15) is 0 Å². The van der Waals surface area contributed by atoms with Gasteiger partial charge in [0.1, 0.15) is 12.4 Å². The lowest BCUT2D eigenvalue weighted by Crippen LogP contribution is -2.41. The summed E-state index contributed by atoms with van der Waals surface area (Å²) >= 11 is 0. The first-order chi connectivity index (χ1) is 13.5. The number of benzene rings is 2. The molecule has 0 saturated heterocycles. The van der Waals surface area contributed by atoms with E-state index >= 15 is 0 Å². The topological polar surface area (TPSA) is 80.0 Å². The highest BCUT2D eigenvalue weighted by molar-refractivity contribution is 6.09. The Morgan fingerprint density at radius 3 is 2.64 bits per heavy atom. The fourth-order valence-electron chi connectivity index (χ4n) is 3.20. The van der Waals surface area contributed by atoms with Crippen molar-refractivity contribution in [1.82, 2.24) is 10.2 Å². The summed E-state index contributed by atoms with van der Waals surface area (Å²) in [5.41, 5.74) is 7.02. The van der Waals surface area contributed by atoms with Gasteiger partial charge in [0, 0.05) is 25.9 Å². The molecule has 28 heavy (non-hydrogen) atoms. The van der Waals surface area contributed by atoms with E-state index in [-0.39, 0.29) is 11.9 Å². The molecule has 1 heterocycles. The minimum Gasteiger partial charge on any atom is -0.489 e. The molecule has 2 aromatic rings. The lowest BCUT2D eigenvalue weighted by molar-refractivity contribution is -0.129. The first-order valence-corrected chi connectivity index (χ1v) is 8.94. The number of carbonyl (C=O) groups excluding carboxylic acids is 1. The number of nitrogens with two attached hydrogens (primary N) is 1. The molecule has 6 nitrogen and oxygen atoms in total. The third-order valence-electron chi connectivity index (χ3n) is 4.68. The Morgan fingerprint density at radius 2 is 2.04 bits per heavy atom. The highest BCUT2D eigenvalue weighted by atomic mass is 16.5. The number of carbonyl (C=O) groups is 1. The zero-order valence-corrected chi connectivity index (χ0v) is 16.1. The van der Waals surface area contributed by atoms with Crippen LogP contribution in [0.1, 0.15) is 11.1 Å². The number of nitrogens with zero attached hydrogens (tertiary/aromatic N) is 2. The summed E-state index contributed by atoms with van der Waals surface area (Å²) in [6.07, 6.45) is 3.32. The van der Waals surface area contributed by atoms with Crippen LogP contribution in [0.5, 0.6) is 5.75 Å². The normalized spacial score (nSPS) is 19.4. The van der Waals surface area contributed by atoms with E-state index < -0.39 is 5.54 Å². The van der Waals surface area contributed by atoms with Crippen LogP contribution in [0.25, 0.3) is 0 Å². The van der Waals surface area contributed by atoms with Gasteiger partial charge in [0.15, 0.2) is 11.5 Å². The lowest BCUT2D eigenvalue weighted by atomic mass is 9.82. The quantitative estimate of drug-likeness (QED) is 0.728. The first kappa shape index (κ1) is 19.2. The minimum absolute atomic E-state index is 0.157. The second-order valence-corrected chi connectivity index (χ2v) is 6.44. The van der Waals surface area contributed by atoms with E-state index in [2.05, 4.69) is 16.9 Å². The van der Waals surface area contributed by atoms with Crippen LogP contribution in [0, 0.1) is 0 Å². The Morgan fingerprint density at radius 1 is 1.29 bits per heavy atom. The molecule has 0 fully saturated rings. The number of hydrogen-bond acceptors (Lipinski definition) is 5. The van der Waals surface area contributed by atoms with Gasteiger partial charge in [-0.3, -0.25) is 9.69 Å². The Bertz CT molecular complexity index is 937. The Kier molecular flexibility index (Phi) is 5.49. The van der Waals surface area contributed by atoms with E-state index in [0.717, 1.165) is 5.56 Å². The number of likely N-dealkylation sites (N-methyl/N-ethyl adjacent to an activating group) is 1. The van der Waals surface area contributed by atoms with Crippen molar-refractivity contribution in [1.29, 1.82) is 0 Å². The molecule has 1 unspecified atom stereocenters. The van der Waals surface area contributed by atoms with Crippen molar-refractivity contribution in [2.45, 2.75) is 12.1 Å². The van der Waals surface area contributed by atoms with Crippen LogP contribution in [0.2, 0.25) is 0 Å². The zero-order valence-electron chi connectivity index (χ0n) is 16.1. The van der Waals surface area contributed by atoms with E-state index in [0.29, 0.717) is 23.5 Å². The number of rotatable bonds is 7. The zero-order chi connectivity index (χ0) is 20.1. The van der Waals surface area contributed by atoms with Crippen LogP contribution in [0.4, 0.5) is 0 Å². The molecule has 0 radical (unpaired) electrons. The maximum Gasteiger partial charge on any atom is 0.266 e. The second-order valence-electron chi connectivity index (χ2n) is 6.44. The minimum atomic E-state index is -1.30. The molecule has 0 spiro atoms. The molecule has 1 amide bonds. The second kappa shape index (κ2) is 8.00. The summed E-state index contributed by atoms with van der Waals surface area (Å²) in [5, 5.41) is 2.96. The summed E-state index contributed by atoms with van der Waals surface area (Å²) in [6.45, 7) is 4.29. The van der Waals surface area contributed by atoms with Gasteiger partial charge in [-0.15, -0.1) is 0 Å². The molecule has 6 heteroatoms. The van der Waals surface area contributed by atoms with Crippen molar-refractivity contribution < 1.29 is 9.53 Å². The average molecular weight is 376 g/mol. The van der Waals surface area contributed by atoms with Crippen molar-refractivity contribution in [3.8, 4) is 5.75 Å². The summed E-state index contributed by atoms with van der Waals surface area (Å²) < 4.78 is 5.93. The van der Waals surface area contributed by atoms with Crippen LogP contribution in [-0.2, 0) is 16.9 Å². The van der Waals surface area contributed by atoms with Gasteiger partial charge >= 0.3 is 0 Å². The molecule has 0 aliphatic carbocycles. The van der Waals surface area contributed by atoms with Crippen molar-refractivity contribution in [2.24, 2.45) is 10.7 Å². The summed E-state index contributed by atoms with van der Waals surface area (Å²) in [7, 11) is 3.37. The molecule has 3 N–H and O–H groups in total. The number of amides is 1. The molecule has 2 aromatic carbocycles. The van der Waals surface area contributed by atoms with Crippen LogP contribution in [0.3, 0.4) is 0 Å². The maximum atomic E-state index is 13.2. The van der Waals surface area contributed by atoms with Gasteiger partial charge in [0.2, 0.25) is 0 Å². The molecular formula is C22H24N4O2. The van der Waals surface area contributed by atoms with Crippen molar-refractivity contribution in [3.63, 3.8) is 0 Å². The molecule has 0 aromatic heterocycles. The Hall–Kier alpha value is -3.54. The highest BCUT2D eigenvalue weighted by Crippen LogP contribution is 2.40. The average Bonchev–Trinajstić information content (AvgIpc) is 2.96. The Labute approximate surface area is 165 Å². The fraction of sp³-hybridized carbons (Fsp3) is 0.182. The monoisotopic (exact) mass is 376 g/mol. The number of ether oxygens (including phenoxy) is 1.